The van der Waals surface area contributed by atoms with E-state index in [-0.39, 0.29) is 11.7 Å². The molecule has 0 aliphatic carbocycles. The van der Waals surface area contributed by atoms with Crippen molar-refractivity contribution in [1.29, 1.82) is 0 Å². The van der Waals surface area contributed by atoms with Crippen LogP contribution in [0.5, 0.6) is 5.75 Å². The van der Waals surface area contributed by atoms with Gasteiger partial charge in [-0.2, -0.15) is 0 Å². The fraction of sp³-hybridized carbons (Fsp3) is 0.500. The molecule has 0 amide bonds. The van der Waals surface area contributed by atoms with Crippen LogP contribution in [-0.4, -0.2) is 18.2 Å². The summed E-state index contributed by atoms with van der Waals surface area (Å²) in [6, 6.07) is 9.53. The number of hydrogen-bond donors (Lipinski definition) is 0. The first-order valence-corrected chi connectivity index (χ1v) is 5.13. The van der Waals surface area contributed by atoms with Crippen LogP contribution < -0.4 is 4.74 Å². The predicted molar refractivity (Wildman–Crippen MR) is 56.6 cm³/mol. The van der Waals surface area contributed by atoms with Crippen molar-refractivity contribution >= 4 is 0 Å². The van der Waals surface area contributed by atoms with Gasteiger partial charge in [0.2, 0.25) is 0 Å². The molecule has 2 rings (SSSR count). The average Bonchev–Trinajstić information content (AvgIpc) is 2.42. The van der Waals surface area contributed by atoms with E-state index in [1.54, 1.807) is 0 Å². The first-order valence-electron chi connectivity index (χ1n) is 5.13. The van der Waals surface area contributed by atoms with Crippen molar-refractivity contribution in [2.24, 2.45) is 0 Å². The third-order valence-electron chi connectivity index (χ3n) is 2.67. The van der Waals surface area contributed by atoms with E-state index >= 15 is 0 Å². The van der Waals surface area contributed by atoms with Gasteiger partial charge in [0.15, 0.2) is 0 Å². The highest BCUT2D eigenvalue weighted by molar-refractivity contribution is 5.20. The summed E-state index contributed by atoms with van der Waals surface area (Å²) < 4.78 is 16.7. The minimum Gasteiger partial charge on any atom is -0.441 e. The summed E-state index contributed by atoms with van der Waals surface area (Å²) in [4.78, 5) is 0. The Balaban J connectivity index is 1.99. The highest BCUT2D eigenvalue weighted by Crippen LogP contribution is 2.30. The summed E-state index contributed by atoms with van der Waals surface area (Å²) in [5.41, 5.74) is -0.292. The molecule has 0 N–H and O–H groups in total. The molecule has 1 heterocycles. The maximum Gasteiger partial charge on any atom is 0.316 e. The van der Waals surface area contributed by atoms with Crippen LogP contribution in [-0.2, 0) is 9.47 Å². The number of benzene rings is 1. The lowest BCUT2D eigenvalue weighted by Gasteiger charge is -2.19. The minimum absolute atomic E-state index is 0.0335. The molecule has 0 radical (unpaired) electrons. The predicted octanol–water partition coefficient (Wildman–Crippen LogP) is 2.56. The molecular formula is C12H16O3. The van der Waals surface area contributed by atoms with Crippen LogP contribution in [0.25, 0.3) is 0 Å². The molecule has 1 aliphatic rings. The van der Waals surface area contributed by atoms with E-state index < -0.39 is 6.48 Å². The molecule has 1 aromatic carbocycles. The summed E-state index contributed by atoms with van der Waals surface area (Å²) in [6.45, 7) is 5.37. The first kappa shape index (κ1) is 10.5. The van der Waals surface area contributed by atoms with Crippen LogP contribution in [0.4, 0.5) is 0 Å². The third-order valence-corrected chi connectivity index (χ3v) is 2.67. The molecular weight excluding hydrogens is 192 g/mol. The fourth-order valence-corrected chi connectivity index (χ4v) is 1.36. The van der Waals surface area contributed by atoms with Crippen LogP contribution in [0.1, 0.15) is 20.8 Å². The zero-order valence-electron chi connectivity index (χ0n) is 9.27. The number of rotatable bonds is 2. The number of hydrogen-bond acceptors (Lipinski definition) is 3. The summed E-state index contributed by atoms with van der Waals surface area (Å²) >= 11 is 0. The second-order valence-corrected chi connectivity index (χ2v) is 4.22. The second kappa shape index (κ2) is 3.83. The van der Waals surface area contributed by atoms with Crippen LogP contribution in [0.3, 0.4) is 0 Å². The zero-order valence-corrected chi connectivity index (χ0v) is 9.27. The van der Waals surface area contributed by atoms with Crippen LogP contribution >= 0.6 is 0 Å². The zero-order chi connectivity index (χ0) is 10.9. The Hall–Kier alpha value is -1.06. The van der Waals surface area contributed by atoms with E-state index in [4.69, 9.17) is 14.2 Å². The van der Waals surface area contributed by atoms with Gasteiger partial charge in [-0.15, -0.1) is 0 Å². The van der Waals surface area contributed by atoms with Gasteiger partial charge in [-0.25, -0.2) is 0 Å². The molecule has 3 nitrogen and oxygen atoms in total. The van der Waals surface area contributed by atoms with Crippen molar-refractivity contribution in [2.45, 2.75) is 39.0 Å². The molecule has 1 saturated heterocycles. The van der Waals surface area contributed by atoms with E-state index in [9.17, 15) is 0 Å². The van der Waals surface area contributed by atoms with E-state index in [0.29, 0.717) is 0 Å². The highest BCUT2D eigenvalue weighted by Gasteiger charge is 2.41. The van der Waals surface area contributed by atoms with E-state index in [0.717, 1.165) is 5.75 Å². The Morgan fingerprint density at radius 1 is 1.20 bits per heavy atom. The van der Waals surface area contributed by atoms with Gasteiger partial charge in [-0.3, -0.25) is 0 Å². The van der Waals surface area contributed by atoms with Gasteiger partial charge in [0.05, 0.1) is 11.7 Å². The summed E-state index contributed by atoms with van der Waals surface area (Å²) in [7, 11) is 0. The SMILES string of the molecule is C[C@@H]1OC(Oc2ccccc2)OC1(C)C. The second-order valence-electron chi connectivity index (χ2n) is 4.22. The molecule has 2 atom stereocenters. The maximum absolute atomic E-state index is 5.62. The highest BCUT2D eigenvalue weighted by atomic mass is 16.9. The summed E-state index contributed by atoms with van der Waals surface area (Å²) in [6.07, 6.45) is 0.0335. The smallest absolute Gasteiger partial charge is 0.316 e. The average molecular weight is 208 g/mol. The van der Waals surface area contributed by atoms with Crippen molar-refractivity contribution in [3.63, 3.8) is 0 Å². The van der Waals surface area contributed by atoms with Crippen molar-refractivity contribution < 1.29 is 14.2 Å². The summed E-state index contributed by atoms with van der Waals surface area (Å²) in [5.74, 6) is 0.757. The van der Waals surface area contributed by atoms with Crippen LogP contribution in [0.2, 0.25) is 0 Å². The molecule has 1 unspecified atom stereocenters. The third kappa shape index (κ3) is 2.30. The first-order chi connectivity index (χ1) is 7.08. The number of para-hydroxylation sites is 1. The molecule has 0 spiro atoms. The normalized spacial score (nSPS) is 29.0. The molecule has 3 heteroatoms. The van der Waals surface area contributed by atoms with Gasteiger partial charge in [0.25, 0.3) is 0 Å². The molecule has 82 valence electrons. The lowest BCUT2D eigenvalue weighted by atomic mass is 10.0. The Morgan fingerprint density at radius 2 is 1.87 bits per heavy atom. The van der Waals surface area contributed by atoms with Gasteiger partial charge in [-0.1, -0.05) is 18.2 Å². The molecule has 15 heavy (non-hydrogen) atoms. The van der Waals surface area contributed by atoms with Gasteiger partial charge < -0.3 is 14.2 Å². The van der Waals surface area contributed by atoms with Gasteiger partial charge in [-0.05, 0) is 32.9 Å². The lowest BCUT2D eigenvalue weighted by Crippen LogP contribution is -2.30. The van der Waals surface area contributed by atoms with Crippen molar-refractivity contribution in [2.75, 3.05) is 0 Å². The van der Waals surface area contributed by atoms with Gasteiger partial charge in [0.1, 0.15) is 5.75 Å². The van der Waals surface area contributed by atoms with Crippen LogP contribution in [0, 0.1) is 0 Å². The molecule has 1 aromatic rings. The van der Waals surface area contributed by atoms with Crippen molar-refractivity contribution in [3.8, 4) is 5.75 Å². The van der Waals surface area contributed by atoms with E-state index in [1.807, 2.05) is 51.1 Å². The minimum atomic E-state index is -0.600. The Kier molecular flexibility index (Phi) is 2.67. The monoisotopic (exact) mass is 208 g/mol. The Labute approximate surface area is 90.0 Å². The number of ether oxygens (including phenoxy) is 3. The van der Waals surface area contributed by atoms with Crippen molar-refractivity contribution in [3.05, 3.63) is 30.3 Å². The maximum atomic E-state index is 5.62. The van der Waals surface area contributed by atoms with Gasteiger partial charge in [0, 0.05) is 0 Å². The lowest BCUT2D eigenvalue weighted by molar-refractivity contribution is -0.200. The molecule has 0 aromatic heterocycles. The van der Waals surface area contributed by atoms with Gasteiger partial charge >= 0.3 is 6.48 Å². The molecule has 0 bridgehead atoms. The largest absolute Gasteiger partial charge is 0.441 e. The van der Waals surface area contributed by atoms with E-state index in [1.165, 1.54) is 0 Å². The topological polar surface area (TPSA) is 27.7 Å². The molecule has 1 fully saturated rings. The Bertz CT molecular complexity index is 321. The van der Waals surface area contributed by atoms with E-state index in [2.05, 4.69) is 0 Å². The molecule has 0 saturated carbocycles. The van der Waals surface area contributed by atoms with Crippen LogP contribution in [0.15, 0.2) is 30.3 Å². The standard InChI is InChI=1S/C12H16O3/c1-9-12(2,3)15-11(13-9)14-10-7-5-4-6-8-10/h4-9,11H,1-3H3/t9-,11?/m0/s1. The summed E-state index contributed by atoms with van der Waals surface area (Å²) in [5, 5.41) is 0. The fourth-order valence-electron chi connectivity index (χ4n) is 1.36. The van der Waals surface area contributed by atoms with Crippen molar-refractivity contribution in [1.82, 2.24) is 0 Å². The quantitative estimate of drug-likeness (QED) is 0.747. The molecule has 1 aliphatic heterocycles. The Morgan fingerprint density at radius 3 is 2.40 bits per heavy atom.